The van der Waals surface area contributed by atoms with E-state index in [4.69, 9.17) is 0 Å². The summed E-state index contributed by atoms with van der Waals surface area (Å²) >= 11 is 0. The molecule has 0 bridgehead atoms. The molecule has 14 rings (SSSR count). The molecule has 69 heavy (non-hydrogen) atoms. The van der Waals surface area contributed by atoms with Gasteiger partial charge in [0.15, 0.2) is 0 Å². The molecule has 0 atom stereocenters. The molecule has 0 spiro atoms. The molecule has 0 saturated heterocycles. The topological polar surface area (TPSA) is 0 Å². The molecule has 0 saturated carbocycles. The summed E-state index contributed by atoms with van der Waals surface area (Å²) in [6.45, 7) is 0. The van der Waals surface area contributed by atoms with E-state index in [-0.39, 0.29) is 0 Å². The highest BCUT2D eigenvalue weighted by atomic mass is 14.2. The maximum absolute atomic E-state index is 2.48. The summed E-state index contributed by atoms with van der Waals surface area (Å²) in [5.41, 5.74) is 12.5. The Morgan fingerprint density at radius 1 is 0.174 bits per heavy atom. The van der Waals surface area contributed by atoms with Crippen LogP contribution in [-0.2, 0) is 6.42 Å². The van der Waals surface area contributed by atoms with E-state index in [0.717, 1.165) is 6.42 Å². The van der Waals surface area contributed by atoms with Gasteiger partial charge in [-0.25, -0.2) is 0 Å². The summed E-state index contributed by atoms with van der Waals surface area (Å²) in [4.78, 5) is 0. The maximum Gasteiger partial charge on any atom is -0.00249 e. The van der Waals surface area contributed by atoms with Crippen LogP contribution < -0.4 is 0 Å². The fourth-order valence-electron chi connectivity index (χ4n) is 11.7. The standard InChI is InChI=1S/C69H44/c1-9-25-58-46(17-1)38-47-18-2-10-26-59(47)66(58)54-34-44(35-55(42-54)67-60-27-11-3-19-48(60)39-49-20-4-12-28-61(49)67)33-45-36-56(68-62-29-13-5-21-50(62)40-51-22-6-14-30-63(51)68)43-57(37-45)69-64-31-15-7-23-52(64)41-53-24-8-16-32-65(53)69/h1-32,34-43H,33H2. The molecular weight excluding hydrogens is 829 g/mol. The maximum atomic E-state index is 2.48. The minimum Gasteiger partial charge on any atom is -0.0616 e. The molecule has 0 aliphatic carbocycles. The van der Waals surface area contributed by atoms with Crippen LogP contribution in [0.3, 0.4) is 0 Å². The lowest BCUT2D eigenvalue weighted by atomic mass is 9.84. The molecule has 0 N–H and O–H groups in total. The van der Waals surface area contributed by atoms with Crippen LogP contribution in [0.15, 0.2) is 255 Å². The molecule has 0 amide bonds. The van der Waals surface area contributed by atoms with Gasteiger partial charge in [-0.05, 0) is 185 Å². The minimum atomic E-state index is 0.735. The second-order valence-corrected chi connectivity index (χ2v) is 18.8. The highest BCUT2D eigenvalue weighted by molar-refractivity contribution is 6.18. The quantitative estimate of drug-likeness (QED) is 0.146. The van der Waals surface area contributed by atoms with Crippen molar-refractivity contribution in [3.05, 3.63) is 266 Å². The third-order valence-corrected chi connectivity index (χ3v) is 14.6. The van der Waals surface area contributed by atoms with Crippen molar-refractivity contribution in [2.24, 2.45) is 0 Å². The fourth-order valence-corrected chi connectivity index (χ4v) is 11.7. The van der Waals surface area contributed by atoms with Crippen LogP contribution in [0.4, 0.5) is 0 Å². The molecule has 14 aromatic rings. The van der Waals surface area contributed by atoms with Crippen LogP contribution in [0.2, 0.25) is 0 Å². The zero-order valence-corrected chi connectivity index (χ0v) is 38.0. The summed E-state index contributed by atoms with van der Waals surface area (Å²) in [5, 5.41) is 20.1. The number of benzene rings is 14. The Kier molecular flexibility index (Phi) is 9.07. The highest BCUT2D eigenvalue weighted by Crippen LogP contribution is 2.45. The average molecular weight is 873 g/mol. The van der Waals surface area contributed by atoms with E-state index in [1.807, 2.05) is 0 Å². The molecule has 0 fully saturated rings. The number of hydrogen-bond acceptors (Lipinski definition) is 0. The van der Waals surface area contributed by atoms with Crippen LogP contribution in [0.25, 0.3) is 131 Å². The van der Waals surface area contributed by atoms with Crippen LogP contribution in [0.5, 0.6) is 0 Å². The summed E-state index contributed by atoms with van der Waals surface area (Å²) in [6, 6.07) is 95.5. The van der Waals surface area contributed by atoms with Crippen molar-refractivity contribution in [1.29, 1.82) is 0 Å². The Labute approximate surface area is 401 Å². The van der Waals surface area contributed by atoms with Crippen molar-refractivity contribution in [3.8, 4) is 44.5 Å². The molecule has 0 aliphatic heterocycles. The predicted octanol–water partition coefficient (Wildman–Crippen LogP) is 19.2. The zero-order chi connectivity index (χ0) is 45.4. The molecule has 0 aliphatic rings. The first-order valence-electron chi connectivity index (χ1n) is 24.1. The molecule has 0 unspecified atom stereocenters. The monoisotopic (exact) mass is 872 g/mol. The van der Waals surface area contributed by atoms with Crippen molar-refractivity contribution in [2.75, 3.05) is 0 Å². The van der Waals surface area contributed by atoms with Gasteiger partial charge in [0.25, 0.3) is 0 Å². The van der Waals surface area contributed by atoms with Crippen LogP contribution in [-0.4, -0.2) is 0 Å². The molecule has 0 heterocycles. The second kappa shape index (κ2) is 15.9. The lowest BCUT2D eigenvalue weighted by Crippen LogP contribution is -1.96. The fraction of sp³-hybridized carbons (Fsp3) is 0.0145. The van der Waals surface area contributed by atoms with Crippen molar-refractivity contribution in [2.45, 2.75) is 6.42 Å². The number of fused-ring (bicyclic) bond motifs is 8. The third kappa shape index (κ3) is 6.60. The van der Waals surface area contributed by atoms with Crippen molar-refractivity contribution in [1.82, 2.24) is 0 Å². The van der Waals surface area contributed by atoms with Crippen molar-refractivity contribution < 1.29 is 0 Å². The van der Waals surface area contributed by atoms with Crippen LogP contribution in [0, 0.1) is 0 Å². The highest BCUT2D eigenvalue weighted by Gasteiger charge is 2.19. The Morgan fingerprint density at radius 2 is 0.348 bits per heavy atom. The second-order valence-electron chi connectivity index (χ2n) is 18.8. The zero-order valence-electron chi connectivity index (χ0n) is 38.0. The summed E-state index contributed by atoms with van der Waals surface area (Å²) in [7, 11) is 0. The average Bonchev–Trinajstić information content (AvgIpc) is 3.40. The van der Waals surface area contributed by atoms with Gasteiger partial charge in [-0.2, -0.15) is 0 Å². The van der Waals surface area contributed by atoms with Crippen molar-refractivity contribution >= 4 is 86.2 Å². The van der Waals surface area contributed by atoms with E-state index < -0.39 is 0 Å². The van der Waals surface area contributed by atoms with Gasteiger partial charge < -0.3 is 0 Å². The first-order valence-corrected chi connectivity index (χ1v) is 24.1. The lowest BCUT2D eigenvalue weighted by Gasteiger charge is -2.19. The SMILES string of the molecule is c1ccc2c(-c3cc(Cc4cc(-c5c6ccccc6cc6ccccc56)cc(-c5c6ccccc6cc6ccccc56)c4)cc(-c4c5ccccc5cc5ccccc45)c3)c3ccccc3cc2c1. The molecular formula is C69H44. The Bertz CT molecular complexity index is 3620. The molecule has 320 valence electrons. The number of rotatable bonds is 6. The van der Waals surface area contributed by atoms with E-state index in [0.29, 0.717) is 0 Å². The van der Waals surface area contributed by atoms with Crippen LogP contribution in [0.1, 0.15) is 11.1 Å². The molecule has 0 nitrogen and oxygen atoms in total. The van der Waals surface area contributed by atoms with Gasteiger partial charge in [-0.1, -0.05) is 218 Å². The van der Waals surface area contributed by atoms with Crippen molar-refractivity contribution in [3.63, 3.8) is 0 Å². The molecule has 14 aromatic carbocycles. The van der Waals surface area contributed by atoms with E-state index in [2.05, 4.69) is 255 Å². The summed E-state index contributed by atoms with van der Waals surface area (Å²) in [6.07, 6.45) is 0.735. The van der Waals surface area contributed by atoms with Gasteiger partial charge in [0, 0.05) is 0 Å². The van der Waals surface area contributed by atoms with E-state index in [9.17, 15) is 0 Å². The third-order valence-electron chi connectivity index (χ3n) is 14.6. The summed E-state index contributed by atoms with van der Waals surface area (Å²) < 4.78 is 0. The van der Waals surface area contributed by atoms with Gasteiger partial charge in [0.1, 0.15) is 0 Å². The summed E-state index contributed by atoms with van der Waals surface area (Å²) in [5.74, 6) is 0. The van der Waals surface area contributed by atoms with E-state index in [1.54, 1.807) is 0 Å². The van der Waals surface area contributed by atoms with Gasteiger partial charge in [0.05, 0.1) is 0 Å². The largest absolute Gasteiger partial charge is 0.0616 e. The smallest absolute Gasteiger partial charge is 0.00249 e. The first kappa shape index (κ1) is 39.3. The van der Waals surface area contributed by atoms with Crippen LogP contribution >= 0.6 is 0 Å². The Morgan fingerprint density at radius 3 is 0.536 bits per heavy atom. The molecule has 0 heteroatoms. The van der Waals surface area contributed by atoms with Gasteiger partial charge in [-0.3, -0.25) is 0 Å². The van der Waals surface area contributed by atoms with E-state index >= 15 is 0 Å². The van der Waals surface area contributed by atoms with Gasteiger partial charge in [-0.15, -0.1) is 0 Å². The van der Waals surface area contributed by atoms with Gasteiger partial charge >= 0.3 is 0 Å². The predicted molar refractivity (Wildman–Crippen MR) is 297 cm³/mol. The minimum absolute atomic E-state index is 0.735. The van der Waals surface area contributed by atoms with E-state index in [1.165, 1.54) is 142 Å². The first-order chi connectivity index (χ1) is 34.2. The molecule has 0 aromatic heterocycles. The lowest BCUT2D eigenvalue weighted by molar-refractivity contribution is 1.20. The number of hydrogen-bond donors (Lipinski definition) is 0. The molecule has 0 radical (unpaired) electrons. The normalized spacial score (nSPS) is 11.8. The Hall–Kier alpha value is -8.84. The Balaban J connectivity index is 1.08. The van der Waals surface area contributed by atoms with Gasteiger partial charge in [0.2, 0.25) is 0 Å².